The number of aliphatic hydroxyl groups excluding tert-OH is 2. The predicted molar refractivity (Wildman–Crippen MR) is 239 cm³/mol. The SMILES string of the molecule is CC/C=C\C/C=C\C/C=C\C/C=C\CCCCCCCCCCC(=O)NC(CO)C(O)/C=C/CCCCCCCCCCCCCCCCCCCCC. The van der Waals surface area contributed by atoms with E-state index in [1.54, 1.807) is 6.08 Å². The molecule has 0 aromatic carbocycles. The Morgan fingerprint density at radius 3 is 1.22 bits per heavy atom. The van der Waals surface area contributed by atoms with E-state index in [-0.39, 0.29) is 12.5 Å². The highest BCUT2D eigenvalue weighted by molar-refractivity contribution is 5.76. The van der Waals surface area contributed by atoms with Gasteiger partial charge >= 0.3 is 0 Å². The molecule has 0 aliphatic carbocycles. The number of carbonyl (C=O) groups is 1. The molecule has 0 heterocycles. The Kier molecular flexibility index (Phi) is 43.9. The van der Waals surface area contributed by atoms with Crippen LogP contribution in [0.4, 0.5) is 0 Å². The lowest BCUT2D eigenvalue weighted by atomic mass is 10.0. The monoisotopic (exact) mass is 754 g/mol. The van der Waals surface area contributed by atoms with Gasteiger partial charge < -0.3 is 15.5 Å². The number of allylic oxidation sites excluding steroid dienone is 9. The van der Waals surface area contributed by atoms with Crippen LogP contribution in [0.15, 0.2) is 60.8 Å². The Morgan fingerprint density at radius 2 is 0.815 bits per heavy atom. The zero-order chi connectivity index (χ0) is 39.3. The average Bonchev–Trinajstić information content (AvgIpc) is 3.18. The number of hydrogen-bond donors (Lipinski definition) is 3. The van der Waals surface area contributed by atoms with Gasteiger partial charge in [0.15, 0.2) is 0 Å². The highest BCUT2D eigenvalue weighted by atomic mass is 16.3. The van der Waals surface area contributed by atoms with Crippen molar-refractivity contribution in [2.75, 3.05) is 6.61 Å². The molecule has 2 unspecified atom stereocenters. The fourth-order valence-corrected chi connectivity index (χ4v) is 6.93. The lowest BCUT2D eigenvalue weighted by molar-refractivity contribution is -0.123. The second-order valence-electron chi connectivity index (χ2n) is 15.8. The van der Waals surface area contributed by atoms with Crippen LogP contribution in [0.3, 0.4) is 0 Å². The van der Waals surface area contributed by atoms with Gasteiger partial charge in [0.2, 0.25) is 5.91 Å². The van der Waals surface area contributed by atoms with Gasteiger partial charge in [-0.25, -0.2) is 0 Å². The highest BCUT2D eigenvalue weighted by Crippen LogP contribution is 2.15. The van der Waals surface area contributed by atoms with E-state index in [4.69, 9.17) is 0 Å². The predicted octanol–water partition coefficient (Wildman–Crippen LogP) is 14.9. The van der Waals surface area contributed by atoms with E-state index >= 15 is 0 Å². The van der Waals surface area contributed by atoms with Crippen molar-refractivity contribution in [3.8, 4) is 0 Å². The van der Waals surface area contributed by atoms with Crippen LogP contribution in [0.1, 0.15) is 232 Å². The van der Waals surface area contributed by atoms with Crippen LogP contribution in [0.2, 0.25) is 0 Å². The quantitative estimate of drug-likeness (QED) is 0.0429. The number of unbranched alkanes of at least 4 members (excludes halogenated alkanes) is 27. The van der Waals surface area contributed by atoms with Gasteiger partial charge in [-0.3, -0.25) is 4.79 Å². The molecule has 0 aromatic heterocycles. The van der Waals surface area contributed by atoms with Crippen molar-refractivity contribution >= 4 is 5.91 Å². The maximum absolute atomic E-state index is 12.4. The summed E-state index contributed by atoms with van der Waals surface area (Å²) < 4.78 is 0. The molecule has 314 valence electrons. The molecule has 0 spiro atoms. The Labute approximate surface area is 336 Å². The van der Waals surface area contributed by atoms with E-state index in [0.29, 0.717) is 6.42 Å². The van der Waals surface area contributed by atoms with Crippen LogP contribution in [-0.2, 0) is 4.79 Å². The van der Waals surface area contributed by atoms with Gasteiger partial charge in [0.05, 0.1) is 18.8 Å². The molecule has 4 heteroatoms. The fourth-order valence-electron chi connectivity index (χ4n) is 6.93. The van der Waals surface area contributed by atoms with Crippen LogP contribution < -0.4 is 5.32 Å². The molecule has 0 rings (SSSR count). The van der Waals surface area contributed by atoms with E-state index in [1.165, 1.54) is 161 Å². The lowest BCUT2D eigenvalue weighted by Crippen LogP contribution is -2.45. The van der Waals surface area contributed by atoms with E-state index in [1.807, 2.05) is 6.08 Å². The van der Waals surface area contributed by atoms with Crippen LogP contribution in [0.25, 0.3) is 0 Å². The molecule has 54 heavy (non-hydrogen) atoms. The number of amides is 1. The molecule has 0 aliphatic heterocycles. The summed E-state index contributed by atoms with van der Waals surface area (Å²) in [6.45, 7) is 4.20. The second kappa shape index (κ2) is 45.5. The van der Waals surface area contributed by atoms with Crippen molar-refractivity contribution in [1.29, 1.82) is 0 Å². The Balaban J connectivity index is 3.58. The lowest BCUT2D eigenvalue weighted by Gasteiger charge is -2.20. The van der Waals surface area contributed by atoms with Gasteiger partial charge in [-0.1, -0.05) is 229 Å². The summed E-state index contributed by atoms with van der Waals surface area (Å²) in [7, 11) is 0. The molecule has 3 N–H and O–H groups in total. The zero-order valence-electron chi connectivity index (χ0n) is 36.0. The molecule has 0 fully saturated rings. The summed E-state index contributed by atoms with van der Waals surface area (Å²) >= 11 is 0. The van der Waals surface area contributed by atoms with Crippen molar-refractivity contribution in [2.45, 2.75) is 244 Å². The van der Waals surface area contributed by atoms with Gasteiger partial charge in [-0.05, 0) is 57.8 Å². The fraction of sp³-hybridized carbons (Fsp3) is 0.780. The van der Waals surface area contributed by atoms with Crippen molar-refractivity contribution in [1.82, 2.24) is 5.32 Å². The summed E-state index contributed by atoms with van der Waals surface area (Å²) in [5.41, 5.74) is 0. The van der Waals surface area contributed by atoms with Crippen molar-refractivity contribution in [2.24, 2.45) is 0 Å². The molecule has 0 saturated carbocycles. The minimum Gasteiger partial charge on any atom is -0.394 e. The van der Waals surface area contributed by atoms with Gasteiger partial charge in [-0.2, -0.15) is 0 Å². The molecule has 0 saturated heterocycles. The molecule has 0 aromatic rings. The third-order valence-electron chi connectivity index (χ3n) is 10.5. The van der Waals surface area contributed by atoms with Crippen molar-refractivity contribution in [3.05, 3.63) is 60.8 Å². The number of nitrogens with one attached hydrogen (secondary N) is 1. The first kappa shape index (κ1) is 52.1. The molecule has 4 nitrogen and oxygen atoms in total. The molecular formula is C50H91NO3. The number of rotatable bonds is 42. The average molecular weight is 754 g/mol. The van der Waals surface area contributed by atoms with E-state index < -0.39 is 12.1 Å². The number of carbonyl (C=O) groups excluding carboxylic acids is 1. The second-order valence-corrected chi connectivity index (χ2v) is 15.8. The molecule has 0 aliphatic rings. The third-order valence-corrected chi connectivity index (χ3v) is 10.5. The van der Waals surface area contributed by atoms with Gasteiger partial charge in [0.25, 0.3) is 0 Å². The maximum Gasteiger partial charge on any atom is 0.220 e. The van der Waals surface area contributed by atoms with E-state index in [0.717, 1.165) is 51.4 Å². The standard InChI is InChI=1S/C50H91NO3/c1-3-5-7-9-11-13-15-17-19-21-23-25-27-29-31-33-35-37-39-41-43-45-49(53)48(47-52)51-50(54)46-44-42-40-38-36-34-32-30-28-26-24-22-20-18-16-14-12-10-8-6-4-2/h6,8,12,14,18,20,24,26,43,45,48-49,52-53H,3-5,7,9-11,13,15-17,19,21-23,25,27-42,44,46-47H2,1-2H3,(H,51,54)/b8-6-,14-12-,20-18-,26-24-,45-43+. The van der Waals surface area contributed by atoms with E-state index in [2.05, 4.69) is 67.8 Å². The summed E-state index contributed by atoms with van der Waals surface area (Å²) in [6.07, 6.45) is 63.3. The van der Waals surface area contributed by atoms with Crippen LogP contribution in [-0.4, -0.2) is 34.9 Å². The first-order chi connectivity index (χ1) is 26.7. The van der Waals surface area contributed by atoms with Crippen molar-refractivity contribution in [3.63, 3.8) is 0 Å². The largest absolute Gasteiger partial charge is 0.394 e. The van der Waals surface area contributed by atoms with Gasteiger partial charge in [-0.15, -0.1) is 0 Å². The topological polar surface area (TPSA) is 69.6 Å². The summed E-state index contributed by atoms with van der Waals surface area (Å²) in [5.74, 6) is -0.0730. The van der Waals surface area contributed by atoms with Crippen LogP contribution in [0.5, 0.6) is 0 Å². The molecule has 1 amide bonds. The Bertz CT molecular complexity index is 904. The van der Waals surface area contributed by atoms with Crippen LogP contribution in [0, 0.1) is 0 Å². The maximum atomic E-state index is 12.4. The molecule has 2 atom stereocenters. The number of aliphatic hydroxyl groups is 2. The summed E-state index contributed by atoms with van der Waals surface area (Å²) in [6, 6.07) is -0.629. The highest BCUT2D eigenvalue weighted by Gasteiger charge is 2.17. The third kappa shape index (κ3) is 41.3. The first-order valence-corrected chi connectivity index (χ1v) is 23.5. The molecule has 0 radical (unpaired) electrons. The molecular weight excluding hydrogens is 663 g/mol. The van der Waals surface area contributed by atoms with Crippen molar-refractivity contribution < 1.29 is 15.0 Å². The minimum absolute atomic E-state index is 0.0730. The van der Waals surface area contributed by atoms with Gasteiger partial charge in [0.1, 0.15) is 0 Å². The summed E-state index contributed by atoms with van der Waals surface area (Å²) in [4.78, 5) is 12.4. The number of hydrogen-bond acceptors (Lipinski definition) is 3. The van der Waals surface area contributed by atoms with E-state index in [9.17, 15) is 15.0 Å². The smallest absolute Gasteiger partial charge is 0.220 e. The Morgan fingerprint density at radius 1 is 0.463 bits per heavy atom. The first-order valence-electron chi connectivity index (χ1n) is 23.5. The van der Waals surface area contributed by atoms with Crippen LogP contribution >= 0.6 is 0 Å². The summed E-state index contributed by atoms with van der Waals surface area (Å²) in [5, 5.41) is 23.1. The zero-order valence-corrected chi connectivity index (χ0v) is 36.0. The van der Waals surface area contributed by atoms with Gasteiger partial charge in [0, 0.05) is 6.42 Å². The molecule has 0 bridgehead atoms. The minimum atomic E-state index is -0.845. The Hall–Kier alpha value is -1.91. The normalized spacial score (nSPS) is 13.5.